The quantitative estimate of drug-likeness (QED) is 0.309. The molecular formula is C29H21N5O3. The molecule has 0 aliphatic rings. The van der Waals surface area contributed by atoms with Crippen LogP contribution >= 0.6 is 0 Å². The largest absolute Gasteiger partial charge is 0.493 e. The summed E-state index contributed by atoms with van der Waals surface area (Å²) >= 11 is 0. The van der Waals surface area contributed by atoms with E-state index in [2.05, 4.69) is 21.5 Å². The molecule has 1 N–H and O–H groups in total. The van der Waals surface area contributed by atoms with Crippen molar-refractivity contribution in [2.75, 3.05) is 12.4 Å². The minimum Gasteiger partial charge on any atom is -0.493 e. The van der Waals surface area contributed by atoms with Gasteiger partial charge < -0.3 is 14.8 Å². The summed E-state index contributed by atoms with van der Waals surface area (Å²) in [4.78, 5) is 17.5. The number of nitrogens with zero attached hydrogens (tertiary/aromatic N) is 4. The molecule has 0 bridgehead atoms. The molecule has 8 nitrogen and oxygen atoms in total. The third-order valence-corrected chi connectivity index (χ3v) is 5.55. The van der Waals surface area contributed by atoms with Gasteiger partial charge in [-0.2, -0.15) is 10.4 Å². The standard InChI is InChI=1S/C29H21N5O3/c1-36-27-16-20(17-30)9-14-26(27)37-24-12-10-22(11-13-24)32-29(35)25-19-34(23-7-3-2-4-8-23)33-28(25)21-6-5-15-31-18-21/h2-16,18-19H,1H3,(H,32,35). The highest BCUT2D eigenvalue weighted by Crippen LogP contribution is 2.33. The number of aromatic nitrogens is 3. The Balaban J connectivity index is 1.37. The van der Waals surface area contributed by atoms with E-state index in [0.29, 0.717) is 39.8 Å². The van der Waals surface area contributed by atoms with Gasteiger partial charge in [0, 0.05) is 35.9 Å². The number of carbonyl (C=O) groups excluding carboxylic acids is 1. The Morgan fingerprint density at radius 2 is 1.78 bits per heavy atom. The Labute approximate surface area is 213 Å². The summed E-state index contributed by atoms with van der Waals surface area (Å²) in [7, 11) is 1.52. The summed E-state index contributed by atoms with van der Waals surface area (Å²) < 4.78 is 12.9. The maximum absolute atomic E-state index is 13.3. The van der Waals surface area contributed by atoms with E-state index < -0.39 is 0 Å². The first-order valence-corrected chi connectivity index (χ1v) is 11.4. The second-order valence-electron chi connectivity index (χ2n) is 7.97. The maximum Gasteiger partial charge on any atom is 0.259 e. The number of para-hydroxylation sites is 1. The minimum atomic E-state index is -0.302. The number of pyridine rings is 1. The SMILES string of the molecule is COc1cc(C#N)ccc1Oc1ccc(NC(=O)c2cn(-c3ccccc3)nc2-c2cccnc2)cc1. The molecular weight excluding hydrogens is 466 g/mol. The number of amides is 1. The Bertz CT molecular complexity index is 1570. The average Bonchev–Trinajstić information content (AvgIpc) is 3.41. The second-order valence-corrected chi connectivity index (χ2v) is 7.97. The number of benzene rings is 3. The van der Waals surface area contributed by atoms with E-state index >= 15 is 0 Å². The highest BCUT2D eigenvalue weighted by atomic mass is 16.5. The summed E-state index contributed by atoms with van der Waals surface area (Å²) in [5, 5.41) is 16.7. The summed E-state index contributed by atoms with van der Waals surface area (Å²) in [6, 6.07) is 27.2. The lowest BCUT2D eigenvalue weighted by atomic mass is 10.1. The predicted octanol–water partition coefficient (Wildman–Crippen LogP) is 5.86. The summed E-state index contributed by atoms with van der Waals surface area (Å²) in [6.07, 6.45) is 5.06. The fourth-order valence-corrected chi connectivity index (χ4v) is 3.72. The van der Waals surface area contributed by atoms with Crippen molar-refractivity contribution in [3.63, 3.8) is 0 Å². The zero-order chi connectivity index (χ0) is 25.6. The van der Waals surface area contributed by atoms with Gasteiger partial charge in [-0.3, -0.25) is 9.78 Å². The normalized spacial score (nSPS) is 10.4. The number of hydrogen-bond donors (Lipinski definition) is 1. The van der Waals surface area contributed by atoms with Gasteiger partial charge >= 0.3 is 0 Å². The minimum absolute atomic E-state index is 0.302. The van der Waals surface area contributed by atoms with E-state index in [4.69, 9.17) is 14.7 Å². The first kappa shape index (κ1) is 23.3. The van der Waals surface area contributed by atoms with Crippen molar-refractivity contribution in [1.82, 2.24) is 14.8 Å². The molecule has 2 heterocycles. The van der Waals surface area contributed by atoms with E-state index in [1.807, 2.05) is 36.4 Å². The number of anilines is 1. The molecule has 0 saturated heterocycles. The number of nitriles is 1. The first-order chi connectivity index (χ1) is 18.1. The van der Waals surface area contributed by atoms with Gasteiger partial charge in [-0.25, -0.2) is 4.68 Å². The van der Waals surface area contributed by atoms with Crippen LogP contribution in [0.5, 0.6) is 17.2 Å². The number of nitrogens with one attached hydrogen (secondary N) is 1. The van der Waals surface area contributed by atoms with E-state index in [-0.39, 0.29) is 5.91 Å². The van der Waals surface area contributed by atoms with Crippen LogP contribution in [0.15, 0.2) is 104 Å². The van der Waals surface area contributed by atoms with E-state index in [9.17, 15) is 4.79 Å². The monoisotopic (exact) mass is 487 g/mol. The topological polar surface area (TPSA) is 102 Å². The van der Waals surface area contributed by atoms with Gasteiger partial charge in [-0.05, 0) is 60.7 Å². The highest BCUT2D eigenvalue weighted by molar-refractivity contribution is 6.08. The number of ether oxygens (including phenoxy) is 2. The molecule has 1 amide bonds. The van der Waals surface area contributed by atoms with Crippen LogP contribution in [0.3, 0.4) is 0 Å². The van der Waals surface area contributed by atoms with Crippen LogP contribution in [-0.2, 0) is 0 Å². The molecule has 0 radical (unpaired) electrons. The van der Waals surface area contributed by atoms with Gasteiger partial charge in [0.2, 0.25) is 0 Å². The molecule has 5 aromatic rings. The highest BCUT2D eigenvalue weighted by Gasteiger charge is 2.19. The number of methoxy groups -OCH3 is 1. The lowest BCUT2D eigenvalue weighted by Crippen LogP contribution is -2.12. The fourth-order valence-electron chi connectivity index (χ4n) is 3.72. The van der Waals surface area contributed by atoms with Crippen LogP contribution in [0, 0.1) is 11.3 Å². The van der Waals surface area contributed by atoms with Gasteiger partial charge in [0.15, 0.2) is 11.5 Å². The molecule has 0 saturated carbocycles. The Morgan fingerprint density at radius 1 is 0.973 bits per heavy atom. The van der Waals surface area contributed by atoms with Crippen LogP contribution in [-0.4, -0.2) is 27.8 Å². The van der Waals surface area contributed by atoms with Crippen molar-refractivity contribution < 1.29 is 14.3 Å². The molecule has 0 spiro atoms. The predicted molar refractivity (Wildman–Crippen MR) is 139 cm³/mol. The van der Waals surface area contributed by atoms with E-state index in [1.54, 1.807) is 71.8 Å². The second kappa shape index (κ2) is 10.5. The van der Waals surface area contributed by atoms with Gasteiger partial charge in [0.05, 0.1) is 30.0 Å². The van der Waals surface area contributed by atoms with Gasteiger partial charge in [0.1, 0.15) is 11.4 Å². The van der Waals surface area contributed by atoms with E-state index in [0.717, 1.165) is 11.3 Å². The lowest BCUT2D eigenvalue weighted by Gasteiger charge is -2.11. The number of rotatable bonds is 7. The third-order valence-electron chi connectivity index (χ3n) is 5.55. The van der Waals surface area contributed by atoms with E-state index in [1.165, 1.54) is 7.11 Å². The maximum atomic E-state index is 13.3. The van der Waals surface area contributed by atoms with Crippen molar-refractivity contribution in [3.8, 4) is 40.3 Å². The van der Waals surface area contributed by atoms with Crippen LogP contribution in [0.2, 0.25) is 0 Å². The summed E-state index contributed by atoms with van der Waals surface area (Å²) in [6.45, 7) is 0. The van der Waals surface area contributed by atoms with Crippen molar-refractivity contribution in [1.29, 1.82) is 5.26 Å². The Kier molecular flexibility index (Phi) is 6.59. The molecule has 0 fully saturated rings. The molecule has 2 aromatic heterocycles. The third kappa shape index (κ3) is 5.16. The van der Waals surface area contributed by atoms with Gasteiger partial charge in [-0.15, -0.1) is 0 Å². The lowest BCUT2D eigenvalue weighted by molar-refractivity contribution is 0.102. The molecule has 5 rings (SSSR count). The summed E-state index contributed by atoms with van der Waals surface area (Å²) in [5.41, 5.74) is 3.59. The molecule has 0 unspecified atom stereocenters. The van der Waals surface area contributed by atoms with Crippen molar-refractivity contribution in [2.24, 2.45) is 0 Å². The van der Waals surface area contributed by atoms with Crippen molar-refractivity contribution in [3.05, 3.63) is 115 Å². The molecule has 8 heteroatoms. The van der Waals surface area contributed by atoms with Crippen LogP contribution in [0.25, 0.3) is 16.9 Å². The zero-order valence-electron chi connectivity index (χ0n) is 19.8. The average molecular weight is 488 g/mol. The molecule has 3 aromatic carbocycles. The van der Waals surface area contributed by atoms with Gasteiger partial charge in [0.25, 0.3) is 5.91 Å². The van der Waals surface area contributed by atoms with Crippen LogP contribution in [0.4, 0.5) is 5.69 Å². The summed E-state index contributed by atoms with van der Waals surface area (Å²) in [5.74, 6) is 1.18. The van der Waals surface area contributed by atoms with Crippen LogP contribution < -0.4 is 14.8 Å². The Morgan fingerprint density at radius 3 is 2.49 bits per heavy atom. The molecule has 37 heavy (non-hydrogen) atoms. The first-order valence-electron chi connectivity index (χ1n) is 11.4. The molecule has 0 atom stereocenters. The smallest absolute Gasteiger partial charge is 0.259 e. The number of carbonyl (C=O) groups is 1. The fraction of sp³-hybridized carbons (Fsp3) is 0.0345. The Hall–Kier alpha value is -5.42. The molecule has 180 valence electrons. The zero-order valence-corrected chi connectivity index (χ0v) is 19.8. The van der Waals surface area contributed by atoms with Crippen LogP contribution in [0.1, 0.15) is 15.9 Å². The van der Waals surface area contributed by atoms with Crippen molar-refractivity contribution in [2.45, 2.75) is 0 Å². The number of hydrogen-bond acceptors (Lipinski definition) is 6. The van der Waals surface area contributed by atoms with Gasteiger partial charge in [-0.1, -0.05) is 18.2 Å². The van der Waals surface area contributed by atoms with Crippen molar-refractivity contribution >= 4 is 11.6 Å². The molecule has 0 aliphatic carbocycles. The molecule has 0 aliphatic heterocycles.